The van der Waals surface area contributed by atoms with Crippen molar-refractivity contribution in [2.75, 3.05) is 11.9 Å². The zero-order valence-electron chi connectivity index (χ0n) is 11.5. The van der Waals surface area contributed by atoms with Crippen LogP contribution in [-0.2, 0) is 5.54 Å². The standard InChI is InChI=1S/C16H17BrFNO/c1-11-5-3-4-6-15(11)19-16(2,10-20)13-9-12(17)7-8-14(13)18/h3-9,19-20H,10H2,1-2H3. The van der Waals surface area contributed by atoms with Crippen LogP contribution >= 0.6 is 15.9 Å². The fraction of sp³-hybridized carbons (Fsp3) is 0.250. The lowest BCUT2D eigenvalue weighted by Crippen LogP contribution is -2.37. The highest BCUT2D eigenvalue weighted by Gasteiger charge is 2.29. The van der Waals surface area contributed by atoms with Crippen LogP contribution in [0.15, 0.2) is 46.9 Å². The Morgan fingerprint density at radius 1 is 1.25 bits per heavy atom. The molecule has 1 atom stereocenters. The van der Waals surface area contributed by atoms with Crippen molar-refractivity contribution in [3.05, 3.63) is 63.9 Å². The van der Waals surface area contributed by atoms with Crippen molar-refractivity contribution < 1.29 is 9.50 Å². The Kier molecular flexibility index (Phi) is 4.45. The minimum Gasteiger partial charge on any atom is -0.394 e. The van der Waals surface area contributed by atoms with Crippen molar-refractivity contribution in [1.29, 1.82) is 0 Å². The molecule has 0 saturated heterocycles. The summed E-state index contributed by atoms with van der Waals surface area (Å²) in [6.45, 7) is 3.54. The number of hydrogen-bond acceptors (Lipinski definition) is 2. The average molecular weight is 338 g/mol. The summed E-state index contributed by atoms with van der Waals surface area (Å²) in [6.07, 6.45) is 0. The summed E-state index contributed by atoms with van der Waals surface area (Å²) in [5, 5.41) is 13.0. The van der Waals surface area contributed by atoms with Crippen molar-refractivity contribution >= 4 is 21.6 Å². The van der Waals surface area contributed by atoms with Crippen LogP contribution in [-0.4, -0.2) is 11.7 Å². The van der Waals surface area contributed by atoms with Gasteiger partial charge in [0.2, 0.25) is 0 Å². The predicted molar refractivity (Wildman–Crippen MR) is 83.3 cm³/mol. The first-order valence-electron chi connectivity index (χ1n) is 6.36. The second kappa shape index (κ2) is 5.94. The first kappa shape index (κ1) is 15.0. The van der Waals surface area contributed by atoms with Crippen molar-refractivity contribution in [3.63, 3.8) is 0 Å². The van der Waals surface area contributed by atoms with Gasteiger partial charge in [0.1, 0.15) is 5.82 Å². The molecule has 0 amide bonds. The Labute approximate surface area is 126 Å². The van der Waals surface area contributed by atoms with Crippen molar-refractivity contribution in [1.82, 2.24) is 0 Å². The molecule has 4 heteroatoms. The number of nitrogens with one attached hydrogen (secondary N) is 1. The van der Waals surface area contributed by atoms with Gasteiger partial charge in [-0.3, -0.25) is 0 Å². The van der Waals surface area contributed by atoms with E-state index in [0.29, 0.717) is 5.56 Å². The molecule has 0 aliphatic carbocycles. The molecule has 20 heavy (non-hydrogen) atoms. The molecule has 0 aliphatic heterocycles. The minimum absolute atomic E-state index is 0.214. The SMILES string of the molecule is Cc1ccccc1NC(C)(CO)c1cc(Br)ccc1F. The number of aryl methyl sites for hydroxylation is 1. The van der Waals surface area contributed by atoms with E-state index in [-0.39, 0.29) is 12.4 Å². The fourth-order valence-electron chi connectivity index (χ4n) is 2.12. The molecule has 0 spiro atoms. The molecule has 0 fully saturated rings. The maximum absolute atomic E-state index is 14.1. The third-order valence-electron chi connectivity index (χ3n) is 3.39. The summed E-state index contributed by atoms with van der Waals surface area (Å²) in [4.78, 5) is 0. The number of aliphatic hydroxyl groups is 1. The summed E-state index contributed by atoms with van der Waals surface area (Å²) in [5.74, 6) is -0.342. The third-order valence-corrected chi connectivity index (χ3v) is 3.89. The highest BCUT2D eigenvalue weighted by Crippen LogP contribution is 2.31. The molecular formula is C16H17BrFNO. The predicted octanol–water partition coefficient (Wildman–Crippen LogP) is 4.22. The summed E-state index contributed by atoms with van der Waals surface area (Å²) in [5.41, 5.74) is 1.46. The van der Waals surface area contributed by atoms with Gasteiger partial charge in [-0.2, -0.15) is 0 Å². The van der Waals surface area contributed by atoms with E-state index >= 15 is 0 Å². The highest BCUT2D eigenvalue weighted by molar-refractivity contribution is 9.10. The normalized spacial score (nSPS) is 13.8. The second-order valence-corrected chi connectivity index (χ2v) is 5.97. The lowest BCUT2D eigenvalue weighted by Gasteiger charge is -2.31. The summed E-state index contributed by atoms with van der Waals surface area (Å²) >= 11 is 3.34. The van der Waals surface area contributed by atoms with Gasteiger partial charge < -0.3 is 10.4 Å². The number of anilines is 1. The Morgan fingerprint density at radius 2 is 1.95 bits per heavy atom. The van der Waals surface area contributed by atoms with Crippen LogP contribution in [0.5, 0.6) is 0 Å². The first-order valence-corrected chi connectivity index (χ1v) is 7.16. The Hall–Kier alpha value is -1.39. The number of rotatable bonds is 4. The van der Waals surface area contributed by atoms with E-state index in [2.05, 4.69) is 21.2 Å². The first-order chi connectivity index (χ1) is 9.46. The Balaban J connectivity index is 2.43. The molecule has 106 valence electrons. The lowest BCUT2D eigenvalue weighted by atomic mass is 9.91. The van der Waals surface area contributed by atoms with Gasteiger partial charge in [0, 0.05) is 15.7 Å². The lowest BCUT2D eigenvalue weighted by molar-refractivity contribution is 0.220. The van der Waals surface area contributed by atoms with Gasteiger partial charge in [0.25, 0.3) is 0 Å². The van der Waals surface area contributed by atoms with E-state index in [9.17, 15) is 9.50 Å². The van der Waals surface area contributed by atoms with Crippen LogP contribution in [0, 0.1) is 12.7 Å². The van der Waals surface area contributed by atoms with Crippen molar-refractivity contribution in [2.45, 2.75) is 19.4 Å². The van der Waals surface area contributed by atoms with Crippen LogP contribution in [0.2, 0.25) is 0 Å². The van der Waals surface area contributed by atoms with E-state index in [1.165, 1.54) is 6.07 Å². The summed E-state index contributed by atoms with van der Waals surface area (Å²) < 4.78 is 14.9. The molecule has 0 radical (unpaired) electrons. The molecule has 2 aromatic carbocycles. The number of halogens is 2. The zero-order chi connectivity index (χ0) is 14.8. The molecule has 0 aromatic heterocycles. The quantitative estimate of drug-likeness (QED) is 0.875. The van der Waals surface area contributed by atoms with Gasteiger partial charge in [-0.05, 0) is 43.7 Å². The van der Waals surface area contributed by atoms with Gasteiger partial charge in [0.15, 0.2) is 0 Å². The molecule has 2 N–H and O–H groups in total. The minimum atomic E-state index is -0.889. The van der Waals surface area contributed by atoms with Crippen LogP contribution < -0.4 is 5.32 Å². The van der Waals surface area contributed by atoms with Crippen LogP contribution in [0.25, 0.3) is 0 Å². The molecular weight excluding hydrogens is 321 g/mol. The average Bonchev–Trinajstić information content (AvgIpc) is 2.44. The molecule has 0 bridgehead atoms. The number of aliphatic hydroxyl groups excluding tert-OH is 1. The van der Waals surface area contributed by atoms with Gasteiger partial charge in [0.05, 0.1) is 12.1 Å². The van der Waals surface area contributed by atoms with E-state index in [0.717, 1.165) is 15.7 Å². The van der Waals surface area contributed by atoms with Crippen LogP contribution in [0.1, 0.15) is 18.1 Å². The maximum atomic E-state index is 14.1. The second-order valence-electron chi connectivity index (χ2n) is 5.05. The maximum Gasteiger partial charge on any atom is 0.128 e. The van der Waals surface area contributed by atoms with E-state index < -0.39 is 5.54 Å². The van der Waals surface area contributed by atoms with Crippen LogP contribution in [0.4, 0.5) is 10.1 Å². The Bertz CT molecular complexity index is 617. The van der Waals surface area contributed by atoms with Gasteiger partial charge >= 0.3 is 0 Å². The van der Waals surface area contributed by atoms with Crippen LogP contribution in [0.3, 0.4) is 0 Å². The van der Waals surface area contributed by atoms with Gasteiger partial charge in [-0.15, -0.1) is 0 Å². The summed E-state index contributed by atoms with van der Waals surface area (Å²) in [7, 11) is 0. The molecule has 2 aromatic rings. The largest absolute Gasteiger partial charge is 0.394 e. The van der Waals surface area contributed by atoms with Crippen molar-refractivity contribution in [2.24, 2.45) is 0 Å². The molecule has 1 unspecified atom stereocenters. The molecule has 2 nitrogen and oxygen atoms in total. The molecule has 2 rings (SSSR count). The topological polar surface area (TPSA) is 32.3 Å². The summed E-state index contributed by atoms with van der Waals surface area (Å²) in [6, 6.07) is 12.5. The number of hydrogen-bond donors (Lipinski definition) is 2. The molecule has 0 aliphatic rings. The monoisotopic (exact) mass is 337 g/mol. The van der Waals surface area contributed by atoms with Crippen molar-refractivity contribution in [3.8, 4) is 0 Å². The number of para-hydroxylation sites is 1. The highest BCUT2D eigenvalue weighted by atomic mass is 79.9. The van der Waals surface area contributed by atoms with E-state index in [4.69, 9.17) is 0 Å². The van der Waals surface area contributed by atoms with Gasteiger partial charge in [-0.1, -0.05) is 34.1 Å². The molecule has 0 saturated carbocycles. The Morgan fingerprint density at radius 3 is 2.60 bits per heavy atom. The van der Waals surface area contributed by atoms with E-state index in [1.807, 2.05) is 31.2 Å². The number of benzene rings is 2. The third kappa shape index (κ3) is 3.02. The van der Waals surface area contributed by atoms with E-state index in [1.54, 1.807) is 19.1 Å². The zero-order valence-corrected chi connectivity index (χ0v) is 13.0. The molecule has 0 heterocycles. The fourth-order valence-corrected chi connectivity index (χ4v) is 2.48. The van der Waals surface area contributed by atoms with Gasteiger partial charge in [-0.25, -0.2) is 4.39 Å². The smallest absolute Gasteiger partial charge is 0.128 e.